The number of hydrogen-bond acceptors (Lipinski definition) is 2. The van der Waals surface area contributed by atoms with Crippen LogP contribution in [0.25, 0.3) is 0 Å². The maximum Gasteiger partial charge on any atom is 0.122 e. The zero-order valence-electron chi connectivity index (χ0n) is 10.8. The van der Waals surface area contributed by atoms with Crippen molar-refractivity contribution in [2.24, 2.45) is 5.92 Å². The van der Waals surface area contributed by atoms with E-state index in [0.717, 1.165) is 37.5 Å². The first-order valence-electron chi connectivity index (χ1n) is 7.24. The second kappa shape index (κ2) is 5.31. The Morgan fingerprint density at radius 3 is 2.61 bits per heavy atom. The van der Waals surface area contributed by atoms with Crippen LogP contribution in [0.3, 0.4) is 0 Å². The minimum Gasteiger partial charge on any atom is -0.493 e. The lowest BCUT2D eigenvalue weighted by atomic mass is 9.81. The normalized spacial score (nSPS) is 28.1. The molecule has 2 atom stereocenters. The van der Waals surface area contributed by atoms with E-state index < -0.39 is 0 Å². The molecule has 2 aliphatic carbocycles. The van der Waals surface area contributed by atoms with Crippen molar-refractivity contribution in [1.82, 2.24) is 0 Å². The highest BCUT2D eigenvalue weighted by Gasteiger charge is 2.28. The monoisotopic (exact) mass is 246 g/mol. The Bertz CT molecular complexity index is 398. The number of rotatable bonds is 4. The number of ether oxygens (including phenoxy) is 1. The summed E-state index contributed by atoms with van der Waals surface area (Å²) in [6.45, 7) is 0.847. The van der Waals surface area contributed by atoms with Crippen LogP contribution in [-0.2, 0) is 0 Å². The molecule has 0 spiro atoms. The molecule has 1 N–H and O–H groups in total. The van der Waals surface area contributed by atoms with E-state index in [-0.39, 0.29) is 12.0 Å². The van der Waals surface area contributed by atoms with E-state index in [1.807, 2.05) is 6.07 Å². The SMILES string of the molecule is OC1CCCCC1c1ccccc1OCC1CC1. The Labute approximate surface area is 109 Å². The molecule has 1 aromatic carbocycles. The third-order valence-corrected chi connectivity index (χ3v) is 4.22. The second-order valence-corrected chi connectivity index (χ2v) is 5.75. The summed E-state index contributed by atoms with van der Waals surface area (Å²) < 4.78 is 5.95. The molecule has 98 valence electrons. The van der Waals surface area contributed by atoms with Crippen molar-refractivity contribution in [2.45, 2.75) is 50.5 Å². The standard InChI is InChI=1S/C16H22O2/c17-15-7-3-1-5-13(15)14-6-2-4-8-16(14)18-11-12-9-10-12/h2,4,6,8,12-13,15,17H,1,3,5,7,9-11H2. The van der Waals surface area contributed by atoms with Crippen LogP contribution in [0, 0.1) is 5.92 Å². The number of aliphatic hydroxyl groups excluding tert-OH is 1. The summed E-state index contributed by atoms with van der Waals surface area (Å²) in [5.74, 6) is 2.04. The Balaban J connectivity index is 1.75. The van der Waals surface area contributed by atoms with Gasteiger partial charge in [-0.1, -0.05) is 31.0 Å². The van der Waals surface area contributed by atoms with Crippen LogP contribution in [0.15, 0.2) is 24.3 Å². The molecule has 2 nitrogen and oxygen atoms in total. The quantitative estimate of drug-likeness (QED) is 0.881. The summed E-state index contributed by atoms with van der Waals surface area (Å²) in [6.07, 6.45) is 6.83. The van der Waals surface area contributed by atoms with Gasteiger partial charge in [0.2, 0.25) is 0 Å². The Morgan fingerprint density at radius 1 is 1.06 bits per heavy atom. The predicted molar refractivity (Wildman–Crippen MR) is 71.9 cm³/mol. The molecule has 0 amide bonds. The van der Waals surface area contributed by atoms with Gasteiger partial charge in [-0.3, -0.25) is 0 Å². The fraction of sp³-hybridized carbons (Fsp3) is 0.625. The molecular weight excluding hydrogens is 224 g/mol. The first-order valence-corrected chi connectivity index (χ1v) is 7.24. The molecule has 0 heterocycles. The van der Waals surface area contributed by atoms with Crippen molar-refractivity contribution in [1.29, 1.82) is 0 Å². The summed E-state index contributed by atoms with van der Waals surface area (Å²) in [4.78, 5) is 0. The third-order valence-electron chi connectivity index (χ3n) is 4.22. The minimum atomic E-state index is -0.190. The molecule has 3 rings (SSSR count). The molecule has 1 aromatic rings. The number of para-hydroxylation sites is 1. The zero-order chi connectivity index (χ0) is 12.4. The first-order chi connectivity index (χ1) is 8.84. The smallest absolute Gasteiger partial charge is 0.122 e. The van der Waals surface area contributed by atoms with Crippen molar-refractivity contribution in [3.8, 4) is 5.75 Å². The lowest BCUT2D eigenvalue weighted by Gasteiger charge is -2.29. The van der Waals surface area contributed by atoms with E-state index in [1.54, 1.807) is 0 Å². The molecule has 2 saturated carbocycles. The lowest BCUT2D eigenvalue weighted by molar-refractivity contribution is 0.104. The van der Waals surface area contributed by atoms with E-state index >= 15 is 0 Å². The molecule has 0 bridgehead atoms. The van der Waals surface area contributed by atoms with Gasteiger partial charge in [0.25, 0.3) is 0 Å². The lowest BCUT2D eigenvalue weighted by Crippen LogP contribution is -2.23. The molecule has 0 aliphatic heterocycles. The van der Waals surface area contributed by atoms with Crippen LogP contribution in [0.5, 0.6) is 5.75 Å². The highest BCUT2D eigenvalue weighted by molar-refractivity contribution is 5.37. The van der Waals surface area contributed by atoms with Crippen LogP contribution in [0.2, 0.25) is 0 Å². The van der Waals surface area contributed by atoms with Crippen molar-refractivity contribution in [3.05, 3.63) is 29.8 Å². The molecular formula is C16H22O2. The average Bonchev–Trinajstić information content (AvgIpc) is 3.22. The highest BCUT2D eigenvalue weighted by atomic mass is 16.5. The van der Waals surface area contributed by atoms with Gasteiger partial charge < -0.3 is 9.84 Å². The van der Waals surface area contributed by atoms with Gasteiger partial charge in [0, 0.05) is 5.92 Å². The Morgan fingerprint density at radius 2 is 1.83 bits per heavy atom. The zero-order valence-corrected chi connectivity index (χ0v) is 10.8. The molecule has 2 fully saturated rings. The van der Waals surface area contributed by atoms with Crippen molar-refractivity contribution in [3.63, 3.8) is 0 Å². The van der Waals surface area contributed by atoms with Gasteiger partial charge in [-0.25, -0.2) is 0 Å². The molecule has 18 heavy (non-hydrogen) atoms. The first kappa shape index (κ1) is 12.0. The fourth-order valence-corrected chi connectivity index (χ4v) is 2.88. The average molecular weight is 246 g/mol. The van der Waals surface area contributed by atoms with E-state index in [9.17, 15) is 5.11 Å². The van der Waals surface area contributed by atoms with Gasteiger partial charge in [-0.05, 0) is 43.2 Å². The second-order valence-electron chi connectivity index (χ2n) is 5.75. The van der Waals surface area contributed by atoms with E-state index in [4.69, 9.17) is 4.74 Å². The van der Waals surface area contributed by atoms with Crippen molar-refractivity contribution in [2.75, 3.05) is 6.61 Å². The van der Waals surface area contributed by atoms with Gasteiger partial charge in [0.05, 0.1) is 12.7 Å². The maximum atomic E-state index is 10.2. The number of aliphatic hydroxyl groups is 1. The van der Waals surface area contributed by atoms with Gasteiger partial charge in [0.15, 0.2) is 0 Å². The van der Waals surface area contributed by atoms with Crippen LogP contribution < -0.4 is 4.74 Å². The largest absolute Gasteiger partial charge is 0.493 e. The molecule has 0 aromatic heterocycles. The van der Waals surface area contributed by atoms with Crippen LogP contribution in [-0.4, -0.2) is 17.8 Å². The molecule has 0 saturated heterocycles. The van der Waals surface area contributed by atoms with Crippen molar-refractivity contribution < 1.29 is 9.84 Å². The van der Waals surface area contributed by atoms with E-state index in [1.165, 1.54) is 24.8 Å². The Hall–Kier alpha value is -1.02. The summed E-state index contributed by atoms with van der Waals surface area (Å²) in [7, 11) is 0. The summed E-state index contributed by atoms with van der Waals surface area (Å²) in [6, 6.07) is 8.27. The highest BCUT2D eigenvalue weighted by Crippen LogP contribution is 2.38. The van der Waals surface area contributed by atoms with Crippen LogP contribution >= 0.6 is 0 Å². The summed E-state index contributed by atoms with van der Waals surface area (Å²) in [5.41, 5.74) is 1.21. The molecule has 2 heteroatoms. The van der Waals surface area contributed by atoms with E-state index in [2.05, 4.69) is 18.2 Å². The third kappa shape index (κ3) is 2.69. The van der Waals surface area contributed by atoms with Gasteiger partial charge in [0.1, 0.15) is 5.75 Å². The number of hydrogen-bond donors (Lipinski definition) is 1. The van der Waals surface area contributed by atoms with Crippen molar-refractivity contribution >= 4 is 0 Å². The fourth-order valence-electron chi connectivity index (χ4n) is 2.88. The maximum absolute atomic E-state index is 10.2. The van der Waals surface area contributed by atoms with Gasteiger partial charge in [-0.2, -0.15) is 0 Å². The van der Waals surface area contributed by atoms with Gasteiger partial charge >= 0.3 is 0 Å². The van der Waals surface area contributed by atoms with Gasteiger partial charge in [-0.15, -0.1) is 0 Å². The minimum absolute atomic E-state index is 0.190. The predicted octanol–water partition coefficient (Wildman–Crippen LogP) is 3.49. The number of benzene rings is 1. The summed E-state index contributed by atoms with van der Waals surface area (Å²) in [5, 5.41) is 10.2. The summed E-state index contributed by atoms with van der Waals surface area (Å²) >= 11 is 0. The van der Waals surface area contributed by atoms with Crippen LogP contribution in [0.1, 0.15) is 50.0 Å². The Kier molecular flexibility index (Phi) is 3.55. The molecule has 2 unspecified atom stereocenters. The van der Waals surface area contributed by atoms with Crippen LogP contribution in [0.4, 0.5) is 0 Å². The molecule has 0 radical (unpaired) electrons. The van der Waals surface area contributed by atoms with E-state index in [0.29, 0.717) is 0 Å². The topological polar surface area (TPSA) is 29.5 Å². The molecule has 2 aliphatic rings.